The van der Waals surface area contributed by atoms with E-state index < -0.39 is 0 Å². The van der Waals surface area contributed by atoms with Gasteiger partial charge in [0.15, 0.2) is 0 Å². The van der Waals surface area contributed by atoms with E-state index in [0.717, 1.165) is 0 Å². The van der Waals surface area contributed by atoms with Gasteiger partial charge in [-0.05, 0) is 12.5 Å². The standard InChI is InChI=1S/C12H14/c1-3-7-12-9-6-5-8-11(4-2)10-12/h3-10,12H,2H2,1H3/b7-3-. The van der Waals surface area contributed by atoms with Crippen LogP contribution in [-0.2, 0) is 0 Å². The van der Waals surface area contributed by atoms with Crippen molar-refractivity contribution in [2.75, 3.05) is 0 Å². The van der Waals surface area contributed by atoms with Crippen LogP contribution < -0.4 is 0 Å². The van der Waals surface area contributed by atoms with Gasteiger partial charge in [0, 0.05) is 5.92 Å². The molecule has 0 bridgehead atoms. The first kappa shape index (κ1) is 8.79. The molecule has 1 aliphatic rings. The fourth-order valence-electron chi connectivity index (χ4n) is 1.17. The van der Waals surface area contributed by atoms with Crippen molar-refractivity contribution in [3.05, 3.63) is 60.8 Å². The van der Waals surface area contributed by atoms with Crippen molar-refractivity contribution in [2.45, 2.75) is 6.92 Å². The normalized spacial score (nSPS) is 22.4. The SMILES string of the molecule is C=CC1=CC(/C=C\C)C=CC=C1. The molecule has 0 fully saturated rings. The highest BCUT2D eigenvalue weighted by Crippen LogP contribution is 2.13. The Hall–Kier alpha value is -1.30. The first-order valence-electron chi connectivity index (χ1n) is 4.18. The molecule has 1 rings (SSSR count). The predicted molar refractivity (Wildman–Crippen MR) is 54.9 cm³/mol. The second-order valence-electron chi connectivity index (χ2n) is 2.72. The van der Waals surface area contributed by atoms with Gasteiger partial charge < -0.3 is 0 Å². The molecule has 1 aliphatic carbocycles. The molecule has 0 heterocycles. The van der Waals surface area contributed by atoms with Gasteiger partial charge in [0.25, 0.3) is 0 Å². The summed E-state index contributed by atoms with van der Waals surface area (Å²) in [6.07, 6.45) is 16.6. The molecule has 0 aromatic heterocycles. The topological polar surface area (TPSA) is 0 Å². The lowest BCUT2D eigenvalue weighted by Gasteiger charge is -1.99. The highest BCUT2D eigenvalue weighted by molar-refractivity contribution is 5.36. The van der Waals surface area contributed by atoms with Crippen molar-refractivity contribution >= 4 is 0 Å². The van der Waals surface area contributed by atoms with E-state index in [9.17, 15) is 0 Å². The van der Waals surface area contributed by atoms with Crippen molar-refractivity contribution < 1.29 is 0 Å². The third kappa shape index (κ3) is 2.39. The molecular formula is C12H14. The molecule has 0 aliphatic heterocycles. The van der Waals surface area contributed by atoms with Crippen LogP contribution in [0.1, 0.15) is 6.92 Å². The number of allylic oxidation sites excluding steroid dienone is 9. The molecule has 0 spiro atoms. The van der Waals surface area contributed by atoms with Gasteiger partial charge in [0.05, 0.1) is 0 Å². The monoisotopic (exact) mass is 158 g/mol. The Labute approximate surface area is 74.3 Å². The number of rotatable bonds is 2. The van der Waals surface area contributed by atoms with E-state index in [1.165, 1.54) is 5.57 Å². The van der Waals surface area contributed by atoms with Crippen LogP contribution in [0.25, 0.3) is 0 Å². The largest absolute Gasteiger partial charge is 0.0985 e. The zero-order chi connectivity index (χ0) is 8.81. The van der Waals surface area contributed by atoms with Gasteiger partial charge >= 0.3 is 0 Å². The van der Waals surface area contributed by atoms with Crippen molar-refractivity contribution in [3.8, 4) is 0 Å². The lowest BCUT2D eigenvalue weighted by atomic mass is 10.1. The van der Waals surface area contributed by atoms with E-state index in [2.05, 4.69) is 43.0 Å². The van der Waals surface area contributed by atoms with Gasteiger partial charge in [-0.1, -0.05) is 55.2 Å². The summed E-state index contributed by atoms with van der Waals surface area (Å²) < 4.78 is 0. The molecule has 0 heteroatoms. The van der Waals surface area contributed by atoms with Crippen LogP contribution in [0.2, 0.25) is 0 Å². The molecule has 0 aromatic rings. The predicted octanol–water partition coefficient (Wildman–Crippen LogP) is 3.42. The van der Waals surface area contributed by atoms with Crippen LogP contribution in [-0.4, -0.2) is 0 Å². The van der Waals surface area contributed by atoms with E-state index in [0.29, 0.717) is 5.92 Å². The van der Waals surface area contributed by atoms with Gasteiger partial charge in [-0.3, -0.25) is 0 Å². The Kier molecular flexibility index (Phi) is 3.34. The lowest BCUT2D eigenvalue weighted by Crippen LogP contribution is -1.85. The Bertz CT molecular complexity index is 262. The first-order chi connectivity index (χ1) is 5.86. The Morgan fingerprint density at radius 1 is 1.42 bits per heavy atom. The minimum Gasteiger partial charge on any atom is -0.0985 e. The van der Waals surface area contributed by atoms with Crippen LogP contribution >= 0.6 is 0 Å². The third-order valence-corrected chi connectivity index (χ3v) is 1.77. The molecule has 62 valence electrons. The molecule has 0 nitrogen and oxygen atoms in total. The molecule has 0 aromatic carbocycles. The van der Waals surface area contributed by atoms with E-state index in [4.69, 9.17) is 0 Å². The molecule has 0 radical (unpaired) electrons. The van der Waals surface area contributed by atoms with Gasteiger partial charge in [-0.2, -0.15) is 0 Å². The molecule has 1 atom stereocenters. The van der Waals surface area contributed by atoms with Crippen LogP contribution in [0.3, 0.4) is 0 Å². The van der Waals surface area contributed by atoms with Gasteiger partial charge in [-0.25, -0.2) is 0 Å². The zero-order valence-corrected chi connectivity index (χ0v) is 7.40. The lowest BCUT2D eigenvalue weighted by molar-refractivity contribution is 1.06. The van der Waals surface area contributed by atoms with Crippen LogP contribution in [0.4, 0.5) is 0 Å². The van der Waals surface area contributed by atoms with E-state index in [1.54, 1.807) is 0 Å². The van der Waals surface area contributed by atoms with Gasteiger partial charge in [0.1, 0.15) is 0 Å². The van der Waals surface area contributed by atoms with E-state index in [1.807, 2.05) is 19.1 Å². The maximum Gasteiger partial charge on any atom is 0.0139 e. The van der Waals surface area contributed by atoms with Crippen LogP contribution in [0.5, 0.6) is 0 Å². The van der Waals surface area contributed by atoms with E-state index >= 15 is 0 Å². The van der Waals surface area contributed by atoms with Crippen molar-refractivity contribution in [1.82, 2.24) is 0 Å². The summed E-state index contributed by atoms with van der Waals surface area (Å²) in [5.74, 6) is 0.415. The quantitative estimate of drug-likeness (QED) is 0.540. The summed E-state index contributed by atoms with van der Waals surface area (Å²) in [6.45, 7) is 5.78. The van der Waals surface area contributed by atoms with Crippen molar-refractivity contribution in [2.24, 2.45) is 5.92 Å². The summed E-state index contributed by atoms with van der Waals surface area (Å²) in [6, 6.07) is 0. The average Bonchev–Trinajstić information content (AvgIpc) is 2.30. The molecule has 0 saturated heterocycles. The summed E-state index contributed by atoms with van der Waals surface area (Å²) in [5.41, 5.74) is 1.18. The van der Waals surface area contributed by atoms with Crippen LogP contribution in [0.15, 0.2) is 60.8 Å². The van der Waals surface area contributed by atoms with E-state index in [-0.39, 0.29) is 0 Å². The highest BCUT2D eigenvalue weighted by atomic mass is 14.0. The molecule has 1 unspecified atom stereocenters. The maximum atomic E-state index is 3.75. The molecule has 0 amide bonds. The second kappa shape index (κ2) is 4.55. The number of hydrogen-bond acceptors (Lipinski definition) is 0. The summed E-state index contributed by atoms with van der Waals surface area (Å²) >= 11 is 0. The molecule has 12 heavy (non-hydrogen) atoms. The zero-order valence-electron chi connectivity index (χ0n) is 7.40. The summed E-state index contributed by atoms with van der Waals surface area (Å²) in [4.78, 5) is 0. The Balaban J connectivity index is 2.84. The molecule has 0 N–H and O–H groups in total. The minimum absolute atomic E-state index is 0.415. The second-order valence-corrected chi connectivity index (χ2v) is 2.72. The fourth-order valence-corrected chi connectivity index (χ4v) is 1.17. The van der Waals surface area contributed by atoms with Crippen LogP contribution in [0, 0.1) is 5.92 Å². The number of hydrogen-bond donors (Lipinski definition) is 0. The Morgan fingerprint density at radius 3 is 2.92 bits per heavy atom. The fraction of sp³-hybridized carbons (Fsp3) is 0.167. The van der Waals surface area contributed by atoms with Crippen molar-refractivity contribution in [1.29, 1.82) is 0 Å². The summed E-state index contributed by atoms with van der Waals surface area (Å²) in [5, 5.41) is 0. The molecular weight excluding hydrogens is 144 g/mol. The average molecular weight is 158 g/mol. The van der Waals surface area contributed by atoms with Gasteiger partial charge in [0.2, 0.25) is 0 Å². The highest BCUT2D eigenvalue weighted by Gasteiger charge is 1.97. The van der Waals surface area contributed by atoms with Crippen molar-refractivity contribution in [3.63, 3.8) is 0 Å². The minimum atomic E-state index is 0.415. The maximum absolute atomic E-state index is 3.75. The smallest absolute Gasteiger partial charge is 0.0139 e. The van der Waals surface area contributed by atoms with Gasteiger partial charge in [-0.15, -0.1) is 0 Å². The molecule has 0 saturated carbocycles. The Morgan fingerprint density at radius 2 is 2.25 bits per heavy atom. The first-order valence-corrected chi connectivity index (χ1v) is 4.18. The third-order valence-electron chi connectivity index (χ3n) is 1.77. The summed E-state index contributed by atoms with van der Waals surface area (Å²) in [7, 11) is 0.